The predicted octanol–water partition coefficient (Wildman–Crippen LogP) is 2.72. The Balaban J connectivity index is 2.60. The molecule has 3 nitrogen and oxygen atoms in total. The molecule has 2 unspecified atom stereocenters. The lowest BCUT2D eigenvalue weighted by Gasteiger charge is -2.34. The van der Waals surface area contributed by atoms with Crippen LogP contribution in [0.1, 0.15) is 52.4 Å². The minimum absolute atomic E-state index is 0.177. The zero-order valence-electron chi connectivity index (χ0n) is 10.4. The van der Waals surface area contributed by atoms with Crippen LogP contribution < -0.4 is 0 Å². The van der Waals surface area contributed by atoms with Gasteiger partial charge >= 0.3 is 0 Å². The Hall–Kier alpha value is -1.04. The van der Waals surface area contributed by atoms with Crippen LogP contribution >= 0.6 is 0 Å². The van der Waals surface area contributed by atoms with Gasteiger partial charge in [0.2, 0.25) is 5.91 Å². The molecule has 0 aromatic rings. The molecule has 0 aromatic heterocycles. The second-order valence-corrected chi connectivity index (χ2v) is 4.57. The van der Waals surface area contributed by atoms with Crippen molar-refractivity contribution in [3.8, 4) is 6.07 Å². The Morgan fingerprint density at radius 3 is 2.88 bits per heavy atom. The first-order chi connectivity index (χ1) is 7.74. The molecule has 2 atom stereocenters. The fourth-order valence-corrected chi connectivity index (χ4v) is 2.39. The molecule has 0 bridgehead atoms. The van der Waals surface area contributed by atoms with Crippen LogP contribution in [0, 0.1) is 17.2 Å². The van der Waals surface area contributed by atoms with E-state index in [0.717, 1.165) is 45.1 Å². The zero-order chi connectivity index (χ0) is 12.0. The van der Waals surface area contributed by atoms with Crippen LogP contribution in [0.5, 0.6) is 0 Å². The Morgan fingerprint density at radius 1 is 1.56 bits per heavy atom. The maximum atomic E-state index is 12.2. The van der Waals surface area contributed by atoms with E-state index in [-0.39, 0.29) is 17.9 Å². The van der Waals surface area contributed by atoms with E-state index >= 15 is 0 Å². The molecule has 1 aliphatic heterocycles. The van der Waals surface area contributed by atoms with Crippen molar-refractivity contribution in [2.24, 2.45) is 5.92 Å². The molecule has 1 saturated heterocycles. The smallest absolute Gasteiger partial charge is 0.226 e. The monoisotopic (exact) mass is 222 g/mol. The summed E-state index contributed by atoms with van der Waals surface area (Å²) in [6.45, 7) is 4.89. The van der Waals surface area contributed by atoms with Crippen LogP contribution in [0.4, 0.5) is 0 Å². The van der Waals surface area contributed by atoms with Crippen molar-refractivity contribution in [1.82, 2.24) is 4.90 Å². The number of nitrogens with zero attached hydrogens (tertiary/aromatic N) is 2. The number of carbonyl (C=O) groups is 1. The molecular formula is C13H22N2O. The highest BCUT2D eigenvalue weighted by Gasteiger charge is 2.31. The normalized spacial score (nSPS) is 22.9. The zero-order valence-corrected chi connectivity index (χ0v) is 10.4. The standard InChI is InChI=1S/C13H22N2O/c1-3-5-7-11-8-6-9-15(13(11)16)12(4-2)10-14/h11-12H,3-9H2,1-2H3. The molecular weight excluding hydrogens is 200 g/mol. The van der Waals surface area contributed by atoms with Crippen molar-refractivity contribution in [1.29, 1.82) is 5.26 Å². The van der Waals surface area contributed by atoms with Gasteiger partial charge in [-0.2, -0.15) is 5.26 Å². The van der Waals surface area contributed by atoms with Crippen LogP contribution in [-0.2, 0) is 4.79 Å². The number of carbonyl (C=O) groups excluding carboxylic acids is 1. The van der Waals surface area contributed by atoms with Crippen LogP contribution in [0.15, 0.2) is 0 Å². The Labute approximate surface area is 98.4 Å². The number of piperidine rings is 1. The van der Waals surface area contributed by atoms with E-state index in [1.54, 1.807) is 4.90 Å². The van der Waals surface area contributed by atoms with Gasteiger partial charge in [0, 0.05) is 12.5 Å². The van der Waals surface area contributed by atoms with Gasteiger partial charge in [-0.25, -0.2) is 0 Å². The quantitative estimate of drug-likeness (QED) is 0.718. The highest BCUT2D eigenvalue weighted by atomic mass is 16.2. The van der Waals surface area contributed by atoms with Gasteiger partial charge in [0.25, 0.3) is 0 Å². The van der Waals surface area contributed by atoms with E-state index in [9.17, 15) is 4.79 Å². The van der Waals surface area contributed by atoms with Crippen molar-refractivity contribution in [2.75, 3.05) is 6.54 Å². The van der Waals surface area contributed by atoms with Crippen molar-refractivity contribution >= 4 is 5.91 Å². The first-order valence-electron chi connectivity index (χ1n) is 6.44. The first-order valence-corrected chi connectivity index (χ1v) is 6.44. The molecule has 1 fully saturated rings. The summed E-state index contributed by atoms with van der Waals surface area (Å²) in [6, 6.07) is 2.02. The van der Waals surface area contributed by atoms with E-state index in [1.807, 2.05) is 6.92 Å². The average molecular weight is 222 g/mol. The average Bonchev–Trinajstić information content (AvgIpc) is 2.31. The maximum absolute atomic E-state index is 12.2. The Bertz CT molecular complexity index is 270. The first kappa shape index (κ1) is 13.0. The van der Waals surface area contributed by atoms with Crippen molar-refractivity contribution in [3.05, 3.63) is 0 Å². The summed E-state index contributed by atoms with van der Waals surface area (Å²) in [7, 11) is 0. The number of rotatable bonds is 5. The molecule has 16 heavy (non-hydrogen) atoms. The second kappa shape index (κ2) is 6.52. The van der Waals surface area contributed by atoms with Crippen LogP contribution in [-0.4, -0.2) is 23.4 Å². The number of likely N-dealkylation sites (tertiary alicyclic amines) is 1. The van der Waals surface area contributed by atoms with Gasteiger partial charge in [0.05, 0.1) is 6.07 Å². The lowest BCUT2D eigenvalue weighted by Crippen LogP contribution is -2.46. The fraction of sp³-hybridized carbons (Fsp3) is 0.846. The Morgan fingerprint density at radius 2 is 2.31 bits per heavy atom. The maximum Gasteiger partial charge on any atom is 0.226 e. The predicted molar refractivity (Wildman–Crippen MR) is 63.7 cm³/mol. The fourth-order valence-electron chi connectivity index (χ4n) is 2.39. The summed E-state index contributed by atoms with van der Waals surface area (Å²) in [4.78, 5) is 14.0. The molecule has 1 rings (SSSR count). The van der Waals surface area contributed by atoms with Gasteiger partial charge in [-0.05, 0) is 25.7 Å². The van der Waals surface area contributed by atoms with Crippen LogP contribution in [0.25, 0.3) is 0 Å². The largest absolute Gasteiger partial charge is 0.326 e. The van der Waals surface area contributed by atoms with Crippen LogP contribution in [0.3, 0.4) is 0 Å². The van der Waals surface area contributed by atoms with E-state index in [2.05, 4.69) is 13.0 Å². The lowest BCUT2D eigenvalue weighted by atomic mass is 9.91. The number of nitriles is 1. The highest BCUT2D eigenvalue weighted by Crippen LogP contribution is 2.25. The van der Waals surface area contributed by atoms with Gasteiger partial charge in [-0.3, -0.25) is 4.79 Å². The number of unbranched alkanes of at least 4 members (excludes halogenated alkanes) is 1. The summed E-state index contributed by atoms with van der Waals surface area (Å²) in [6.07, 6.45) is 6.05. The van der Waals surface area contributed by atoms with Gasteiger partial charge in [-0.15, -0.1) is 0 Å². The van der Waals surface area contributed by atoms with Gasteiger partial charge in [0.1, 0.15) is 6.04 Å². The second-order valence-electron chi connectivity index (χ2n) is 4.57. The third-order valence-electron chi connectivity index (χ3n) is 3.40. The van der Waals surface area contributed by atoms with E-state index < -0.39 is 0 Å². The van der Waals surface area contributed by atoms with Crippen LogP contribution in [0.2, 0.25) is 0 Å². The molecule has 0 N–H and O–H groups in total. The van der Waals surface area contributed by atoms with Crippen molar-refractivity contribution in [2.45, 2.75) is 58.4 Å². The van der Waals surface area contributed by atoms with Gasteiger partial charge in [-0.1, -0.05) is 26.7 Å². The third-order valence-corrected chi connectivity index (χ3v) is 3.40. The molecule has 0 aromatic carbocycles. The molecule has 0 aliphatic carbocycles. The van der Waals surface area contributed by atoms with E-state index in [4.69, 9.17) is 5.26 Å². The molecule has 0 spiro atoms. The summed E-state index contributed by atoms with van der Waals surface area (Å²) >= 11 is 0. The third kappa shape index (κ3) is 2.98. The molecule has 0 radical (unpaired) electrons. The molecule has 1 heterocycles. The molecule has 3 heteroatoms. The van der Waals surface area contributed by atoms with E-state index in [0.29, 0.717) is 0 Å². The number of amides is 1. The SMILES string of the molecule is CCCCC1CCCN(C(C#N)CC)C1=O. The number of hydrogen-bond acceptors (Lipinski definition) is 2. The number of hydrogen-bond donors (Lipinski definition) is 0. The molecule has 1 amide bonds. The molecule has 1 aliphatic rings. The highest BCUT2D eigenvalue weighted by molar-refractivity contribution is 5.80. The summed E-state index contributed by atoms with van der Waals surface area (Å²) in [5.41, 5.74) is 0. The molecule has 90 valence electrons. The van der Waals surface area contributed by atoms with Crippen molar-refractivity contribution in [3.63, 3.8) is 0 Å². The summed E-state index contributed by atoms with van der Waals surface area (Å²) < 4.78 is 0. The van der Waals surface area contributed by atoms with Crippen molar-refractivity contribution < 1.29 is 4.79 Å². The van der Waals surface area contributed by atoms with Gasteiger partial charge in [0.15, 0.2) is 0 Å². The minimum Gasteiger partial charge on any atom is -0.326 e. The Kier molecular flexibility index (Phi) is 5.31. The topological polar surface area (TPSA) is 44.1 Å². The summed E-state index contributed by atoms with van der Waals surface area (Å²) in [5.74, 6) is 0.393. The van der Waals surface area contributed by atoms with E-state index in [1.165, 1.54) is 0 Å². The minimum atomic E-state index is -0.211. The van der Waals surface area contributed by atoms with Gasteiger partial charge < -0.3 is 4.90 Å². The lowest BCUT2D eigenvalue weighted by molar-refractivity contribution is -0.140. The summed E-state index contributed by atoms with van der Waals surface area (Å²) in [5, 5.41) is 9.01. The molecule has 0 saturated carbocycles.